The fraction of sp³-hybridized carbons (Fsp3) is 0.281. The number of anilines is 2. The van der Waals surface area contributed by atoms with Gasteiger partial charge in [-0.2, -0.15) is 0 Å². The second-order valence-electron chi connectivity index (χ2n) is 11.4. The van der Waals surface area contributed by atoms with Gasteiger partial charge in [-0.1, -0.05) is 44.0 Å². The van der Waals surface area contributed by atoms with E-state index in [4.69, 9.17) is 11.2 Å². The lowest BCUT2D eigenvalue weighted by Gasteiger charge is -2.37. The van der Waals surface area contributed by atoms with E-state index in [2.05, 4.69) is 16.0 Å². The minimum atomic E-state index is -5.05. The Hall–Kier alpha value is -4.70. The molecule has 0 aliphatic carbocycles. The summed E-state index contributed by atoms with van der Waals surface area (Å²) < 4.78 is 93.1. The lowest BCUT2D eigenvalue weighted by atomic mass is 9.88. The molecular formula is C32H28F4N2O6S. The summed E-state index contributed by atoms with van der Waals surface area (Å²) in [5.41, 5.74) is -1.07. The molecule has 5 rings (SSSR count). The third kappa shape index (κ3) is 6.56. The zero-order chi connectivity index (χ0) is 32.7. The number of amides is 1. The van der Waals surface area contributed by atoms with E-state index in [-0.39, 0.29) is 63.4 Å². The first-order valence-corrected chi connectivity index (χ1v) is 15.3. The molecule has 0 saturated heterocycles. The highest BCUT2D eigenvalue weighted by atomic mass is 32.2. The zero-order valence-electron chi connectivity index (χ0n) is 24.1. The Bertz CT molecular complexity index is 1850. The highest BCUT2D eigenvalue weighted by molar-refractivity contribution is 7.95. The molecule has 8 nitrogen and oxygen atoms in total. The average Bonchev–Trinajstić information content (AvgIpc) is 3.07. The van der Waals surface area contributed by atoms with Crippen LogP contribution in [0.3, 0.4) is 0 Å². The number of phenols is 1. The number of nitrogens with one attached hydrogen (secondary N) is 1. The number of halogens is 4. The van der Waals surface area contributed by atoms with Gasteiger partial charge in [0.15, 0.2) is 9.84 Å². The van der Waals surface area contributed by atoms with Crippen molar-refractivity contribution in [3.63, 3.8) is 0 Å². The third-order valence-corrected chi connectivity index (χ3v) is 9.63. The number of nitrogens with zero attached hydrogens (tertiary/aromatic N) is 1. The van der Waals surface area contributed by atoms with Gasteiger partial charge in [0.05, 0.1) is 22.8 Å². The van der Waals surface area contributed by atoms with Gasteiger partial charge < -0.3 is 19.9 Å². The molecule has 2 heterocycles. The molecule has 3 aromatic carbocycles. The van der Waals surface area contributed by atoms with E-state index < -0.39 is 51.6 Å². The van der Waals surface area contributed by atoms with E-state index in [1.807, 2.05) is 0 Å². The number of hydrogen-bond acceptors (Lipinski definition) is 7. The molecule has 0 aromatic heterocycles. The van der Waals surface area contributed by atoms with Crippen LogP contribution in [0.4, 0.5) is 28.9 Å². The molecule has 45 heavy (non-hydrogen) atoms. The van der Waals surface area contributed by atoms with Gasteiger partial charge in [-0.15, -0.1) is 19.6 Å². The molecule has 0 saturated carbocycles. The molecule has 0 radical (unpaired) electrons. The molecule has 1 unspecified atom stereocenters. The number of benzene rings is 3. The van der Waals surface area contributed by atoms with Gasteiger partial charge in [-0.3, -0.25) is 9.69 Å². The van der Waals surface area contributed by atoms with Gasteiger partial charge in [-0.25, -0.2) is 12.8 Å². The number of ether oxygens (including phenoxy) is 2. The van der Waals surface area contributed by atoms with Gasteiger partial charge in [0, 0.05) is 22.9 Å². The predicted molar refractivity (Wildman–Crippen MR) is 159 cm³/mol. The summed E-state index contributed by atoms with van der Waals surface area (Å²) in [6.45, 7) is 3.31. The molecule has 0 spiro atoms. The first-order valence-electron chi connectivity index (χ1n) is 13.7. The fourth-order valence-electron chi connectivity index (χ4n) is 5.73. The summed E-state index contributed by atoms with van der Waals surface area (Å²) in [6, 6.07) is 11.2. The van der Waals surface area contributed by atoms with Crippen molar-refractivity contribution in [2.75, 3.05) is 22.6 Å². The second-order valence-corrected chi connectivity index (χ2v) is 13.4. The first kappa shape index (κ1) is 31.7. The molecule has 2 aliphatic heterocycles. The first-order chi connectivity index (χ1) is 21.1. The summed E-state index contributed by atoms with van der Waals surface area (Å²) in [4.78, 5) is 15.0. The van der Waals surface area contributed by atoms with Crippen LogP contribution in [0.15, 0.2) is 71.3 Å². The number of hydrogen-bond donors (Lipinski definition) is 2. The van der Waals surface area contributed by atoms with Crippen molar-refractivity contribution in [1.82, 2.24) is 0 Å². The normalized spacial score (nSPS) is 18.5. The number of aromatic hydroxyl groups is 1. The van der Waals surface area contributed by atoms with Crippen molar-refractivity contribution in [3.05, 3.63) is 88.2 Å². The zero-order valence-corrected chi connectivity index (χ0v) is 24.9. The maximum Gasteiger partial charge on any atom is 0.573 e. The van der Waals surface area contributed by atoms with Crippen LogP contribution in [0.25, 0.3) is 0 Å². The Labute approximate surface area is 257 Å². The second kappa shape index (κ2) is 11.7. The smallest absolute Gasteiger partial charge is 0.506 e. The fourth-order valence-corrected chi connectivity index (χ4v) is 8.08. The SMILES string of the molecule is C#CCOc1ccc(C2C3=C(CC(C)(C)CS3(=O)=O)Nc3c(O)cccc3N2C(=O)Cc2ccccc2OC(F)(F)F)c(F)c1. The number of para-hydroxylation sites is 2. The molecule has 1 amide bonds. The van der Waals surface area contributed by atoms with E-state index in [9.17, 15) is 31.5 Å². The lowest BCUT2D eigenvalue weighted by Crippen LogP contribution is -2.42. The Morgan fingerprint density at radius 1 is 1.16 bits per heavy atom. The van der Waals surface area contributed by atoms with Crippen molar-refractivity contribution in [2.45, 2.75) is 39.1 Å². The van der Waals surface area contributed by atoms with Crippen LogP contribution in [-0.4, -0.2) is 38.2 Å². The number of terminal acetylenes is 1. The van der Waals surface area contributed by atoms with E-state index in [1.165, 1.54) is 48.5 Å². The van der Waals surface area contributed by atoms with Gasteiger partial charge in [0.2, 0.25) is 5.91 Å². The summed E-state index contributed by atoms with van der Waals surface area (Å²) >= 11 is 0. The van der Waals surface area contributed by atoms with Crippen molar-refractivity contribution in [2.24, 2.45) is 5.41 Å². The predicted octanol–water partition coefficient (Wildman–Crippen LogP) is 6.24. The summed E-state index contributed by atoms with van der Waals surface area (Å²) in [5.74, 6) is -0.816. The third-order valence-electron chi connectivity index (χ3n) is 7.33. The van der Waals surface area contributed by atoms with Crippen molar-refractivity contribution >= 4 is 27.1 Å². The molecule has 0 fully saturated rings. The summed E-state index contributed by atoms with van der Waals surface area (Å²) in [5, 5.41) is 13.9. The van der Waals surface area contributed by atoms with Gasteiger partial charge in [0.1, 0.15) is 41.4 Å². The Balaban J connectivity index is 1.76. The van der Waals surface area contributed by atoms with E-state index >= 15 is 4.39 Å². The Morgan fingerprint density at radius 3 is 2.58 bits per heavy atom. The Kier molecular flexibility index (Phi) is 8.22. The van der Waals surface area contributed by atoms with E-state index in [0.29, 0.717) is 0 Å². The highest BCUT2D eigenvalue weighted by Gasteiger charge is 2.48. The number of rotatable bonds is 6. The van der Waals surface area contributed by atoms with Crippen LogP contribution in [0, 0.1) is 23.6 Å². The van der Waals surface area contributed by atoms with Crippen molar-refractivity contribution in [3.8, 4) is 29.6 Å². The summed E-state index contributed by atoms with van der Waals surface area (Å²) in [6.07, 6.45) is -0.362. The van der Waals surface area contributed by atoms with Gasteiger partial charge in [-0.05, 0) is 42.2 Å². The molecule has 236 valence electrons. The quantitative estimate of drug-likeness (QED) is 0.186. The van der Waals surface area contributed by atoms with Crippen LogP contribution in [0.2, 0.25) is 0 Å². The molecule has 2 aliphatic rings. The molecule has 0 bridgehead atoms. The number of phenolic OH excluding ortho intramolecular Hbond substituents is 1. The van der Waals surface area contributed by atoms with Gasteiger partial charge in [0.25, 0.3) is 0 Å². The largest absolute Gasteiger partial charge is 0.573 e. The Morgan fingerprint density at radius 2 is 1.89 bits per heavy atom. The number of carbonyl (C=O) groups excluding carboxylic acids is 1. The molecule has 13 heteroatoms. The maximum absolute atomic E-state index is 16.0. The number of alkyl halides is 3. The standard InChI is InChI=1S/C32H28F4N2O6S/c1-4-14-43-20-12-13-21(22(33)16-20)29-30-23(17-31(2,3)18-45(30,41)42)37-28-24(9-7-10-25(28)39)38(29)27(40)15-19-8-5-6-11-26(19)44-32(34,35)36/h1,5-13,16,29,37,39H,14-15,17-18H2,2-3H3. The molecule has 2 N–H and O–H groups in total. The number of carbonyl (C=O) groups is 1. The van der Waals surface area contributed by atoms with Crippen LogP contribution in [0.1, 0.15) is 37.4 Å². The average molecular weight is 645 g/mol. The minimum Gasteiger partial charge on any atom is -0.506 e. The van der Waals surface area contributed by atoms with Crippen molar-refractivity contribution < 1.29 is 45.4 Å². The number of allylic oxidation sites excluding steroid dienone is 1. The molecule has 3 aromatic rings. The minimum absolute atomic E-state index is 0.0197. The van der Waals surface area contributed by atoms with Crippen molar-refractivity contribution in [1.29, 1.82) is 0 Å². The highest BCUT2D eigenvalue weighted by Crippen LogP contribution is 2.52. The summed E-state index contributed by atoms with van der Waals surface area (Å²) in [7, 11) is -4.21. The van der Waals surface area contributed by atoms with Crippen LogP contribution < -0.4 is 19.7 Å². The lowest BCUT2D eigenvalue weighted by molar-refractivity contribution is -0.274. The maximum atomic E-state index is 16.0. The topological polar surface area (TPSA) is 105 Å². The van der Waals surface area contributed by atoms with E-state index in [1.54, 1.807) is 13.8 Å². The van der Waals surface area contributed by atoms with Gasteiger partial charge >= 0.3 is 6.36 Å². The van der Waals surface area contributed by atoms with Crippen LogP contribution in [-0.2, 0) is 21.1 Å². The van der Waals surface area contributed by atoms with Crippen LogP contribution >= 0.6 is 0 Å². The molecule has 1 atom stereocenters. The van der Waals surface area contributed by atoms with Crippen LogP contribution in [0.5, 0.6) is 17.2 Å². The monoisotopic (exact) mass is 644 g/mol. The van der Waals surface area contributed by atoms with E-state index in [0.717, 1.165) is 17.0 Å². The molecular weight excluding hydrogens is 616 g/mol. The number of fused-ring (bicyclic) bond motifs is 1. The number of sulfone groups is 1.